The number of fused-ring (bicyclic) bond motifs is 1. The van der Waals surface area contributed by atoms with Gasteiger partial charge in [-0.3, -0.25) is 4.79 Å². The molecular weight excluding hydrogens is 348 g/mol. The van der Waals surface area contributed by atoms with Crippen molar-refractivity contribution in [2.45, 2.75) is 58.4 Å². The number of benzene rings is 1. The number of hydrogen-bond acceptors (Lipinski definition) is 3. The summed E-state index contributed by atoms with van der Waals surface area (Å²) in [5.74, 6) is -0.0861. The molecule has 3 N–H and O–H groups in total. The maximum absolute atomic E-state index is 12.8. The maximum Gasteiger partial charge on any atom is 0.272 e. The molecule has 1 aromatic heterocycles. The molecule has 5 nitrogen and oxygen atoms in total. The molecule has 0 saturated carbocycles. The molecule has 0 radical (unpaired) electrons. The van der Waals surface area contributed by atoms with E-state index in [1.165, 1.54) is 5.69 Å². The molecule has 1 atom stereocenters. The van der Waals surface area contributed by atoms with E-state index in [-0.39, 0.29) is 24.4 Å². The van der Waals surface area contributed by atoms with Crippen LogP contribution in [0.4, 0.5) is 0 Å². The van der Waals surface area contributed by atoms with Gasteiger partial charge < -0.3 is 11.1 Å². The van der Waals surface area contributed by atoms with Crippen molar-refractivity contribution in [2.75, 3.05) is 6.54 Å². The van der Waals surface area contributed by atoms with Crippen LogP contribution in [-0.2, 0) is 12.8 Å². The molecule has 1 amide bonds. The number of carbonyl (C=O) groups excluding carboxylic acids is 1. The molecular formula is C20H29ClN4O. The lowest BCUT2D eigenvalue weighted by molar-refractivity contribution is 0.0929. The van der Waals surface area contributed by atoms with Crippen LogP contribution in [0.1, 0.15) is 59.9 Å². The van der Waals surface area contributed by atoms with Crippen LogP contribution >= 0.6 is 12.4 Å². The monoisotopic (exact) mass is 376 g/mol. The highest BCUT2D eigenvalue weighted by molar-refractivity contribution is 5.94. The lowest BCUT2D eigenvalue weighted by Gasteiger charge is -2.16. The minimum atomic E-state index is -0.0861. The smallest absolute Gasteiger partial charge is 0.272 e. The van der Waals surface area contributed by atoms with E-state index < -0.39 is 0 Å². The van der Waals surface area contributed by atoms with Gasteiger partial charge in [-0.25, -0.2) is 4.68 Å². The van der Waals surface area contributed by atoms with E-state index in [2.05, 4.69) is 31.3 Å². The first-order chi connectivity index (χ1) is 12.2. The van der Waals surface area contributed by atoms with E-state index in [0.717, 1.165) is 55.3 Å². The number of aromatic nitrogens is 2. The largest absolute Gasteiger partial charge is 0.347 e. The lowest BCUT2D eigenvalue weighted by Crippen LogP contribution is -2.40. The summed E-state index contributed by atoms with van der Waals surface area (Å²) < 4.78 is 1.97. The third-order valence-corrected chi connectivity index (χ3v) is 5.01. The van der Waals surface area contributed by atoms with Crippen molar-refractivity contribution in [1.29, 1.82) is 0 Å². The van der Waals surface area contributed by atoms with Gasteiger partial charge in [-0.1, -0.05) is 38.0 Å². The van der Waals surface area contributed by atoms with Gasteiger partial charge >= 0.3 is 0 Å². The Morgan fingerprint density at radius 3 is 2.81 bits per heavy atom. The second-order valence-electron chi connectivity index (χ2n) is 6.87. The second-order valence-corrected chi connectivity index (χ2v) is 6.87. The Labute approximate surface area is 161 Å². The summed E-state index contributed by atoms with van der Waals surface area (Å²) in [6.45, 7) is 4.69. The van der Waals surface area contributed by atoms with Gasteiger partial charge in [0.05, 0.1) is 5.69 Å². The fourth-order valence-electron chi connectivity index (χ4n) is 3.57. The number of halogens is 1. The fraction of sp³-hybridized carbons (Fsp3) is 0.500. The van der Waals surface area contributed by atoms with Crippen LogP contribution in [0.2, 0.25) is 0 Å². The number of rotatable bonds is 7. The third-order valence-electron chi connectivity index (χ3n) is 5.01. The number of unbranched alkanes of at least 4 members (excludes halogenated alkanes) is 1. The topological polar surface area (TPSA) is 72.9 Å². The molecule has 0 saturated heterocycles. The standard InChI is InChI=1S/C20H28N4O.ClH/c1-3-4-9-15(13-21)22-20(25)19-16-10-7-12-18(16)24(23-19)17-11-6-5-8-14(17)2;/h5-6,8,11,15H,3-4,7,9-10,12-13,21H2,1-2H3,(H,22,25);1H. The van der Waals surface area contributed by atoms with E-state index in [4.69, 9.17) is 10.8 Å². The minimum absolute atomic E-state index is 0. The molecule has 6 heteroatoms. The average molecular weight is 377 g/mol. The van der Waals surface area contributed by atoms with Gasteiger partial charge in [-0.2, -0.15) is 5.10 Å². The van der Waals surface area contributed by atoms with Gasteiger partial charge in [-0.05, 0) is 44.2 Å². The van der Waals surface area contributed by atoms with Gasteiger partial charge in [0.1, 0.15) is 0 Å². The van der Waals surface area contributed by atoms with Gasteiger partial charge in [0.2, 0.25) is 0 Å². The number of nitrogens with zero attached hydrogens (tertiary/aromatic N) is 2. The Morgan fingerprint density at radius 2 is 2.12 bits per heavy atom. The third kappa shape index (κ3) is 4.10. The van der Waals surface area contributed by atoms with Crippen LogP contribution in [0, 0.1) is 6.92 Å². The first-order valence-corrected chi connectivity index (χ1v) is 9.33. The van der Waals surface area contributed by atoms with Crippen LogP contribution in [0.15, 0.2) is 24.3 Å². The molecule has 2 aromatic rings. The number of nitrogens with one attached hydrogen (secondary N) is 1. The quantitative estimate of drug-likeness (QED) is 0.778. The first kappa shape index (κ1) is 20.5. The van der Waals surface area contributed by atoms with Crippen molar-refractivity contribution in [2.24, 2.45) is 5.73 Å². The Kier molecular flexibility index (Phi) is 7.23. The number of hydrogen-bond donors (Lipinski definition) is 2. The summed E-state index contributed by atoms with van der Waals surface area (Å²) in [6.07, 6.45) is 6.06. The molecule has 0 spiro atoms. The number of amides is 1. The van der Waals surface area contributed by atoms with Crippen LogP contribution in [-0.4, -0.2) is 28.3 Å². The molecule has 1 unspecified atom stereocenters. The number of aryl methyl sites for hydroxylation is 1. The van der Waals surface area contributed by atoms with Crippen LogP contribution in [0.5, 0.6) is 0 Å². The summed E-state index contributed by atoms with van der Waals surface area (Å²) in [7, 11) is 0. The van der Waals surface area contributed by atoms with Crippen molar-refractivity contribution in [3.8, 4) is 5.69 Å². The van der Waals surface area contributed by atoms with Gasteiger partial charge in [0.25, 0.3) is 5.91 Å². The maximum atomic E-state index is 12.8. The minimum Gasteiger partial charge on any atom is -0.347 e. The van der Waals surface area contributed by atoms with Gasteiger partial charge in [0.15, 0.2) is 5.69 Å². The van der Waals surface area contributed by atoms with E-state index >= 15 is 0 Å². The predicted molar refractivity (Wildman–Crippen MR) is 107 cm³/mol. The van der Waals surface area contributed by atoms with Crippen molar-refractivity contribution < 1.29 is 4.79 Å². The molecule has 1 aromatic carbocycles. The molecule has 1 aliphatic rings. The number of para-hydroxylation sites is 1. The molecule has 26 heavy (non-hydrogen) atoms. The Bertz CT molecular complexity index is 756. The summed E-state index contributed by atoms with van der Waals surface area (Å²) in [5.41, 5.74) is 10.9. The zero-order valence-corrected chi connectivity index (χ0v) is 16.4. The predicted octanol–water partition coefficient (Wildman–Crippen LogP) is 3.34. The zero-order valence-electron chi connectivity index (χ0n) is 15.6. The highest BCUT2D eigenvalue weighted by Crippen LogP contribution is 2.28. The van der Waals surface area contributed by atoms with E-state index in [1.807, 2.05) is 16.8 Å². The Hall–Kier alpha value is -1.85. The molecule has 0 fully saturated rings. The van der Waals surface area contributed by atoms with Crippen LogP contribution < -0.4 is 11.1 Å². The molecule has 1 aliphatic carbocycles. The van der Waals surface area contributed by atoms with Gasteiger partial charge in [0, 0.05) is 23.8 Å². The summed E-state index contributed by atoms with van der Waals surface area (Å²) in [6, 6.07) is 8.20. The fourth-order valence-corrected chi connectivity index (χ4v) is 3.57. The van der Waals surface area contributed by atoms with E-state index in [1.54, 1.807) is 0 Å². The average Bonchev–Trinajstić information content (AvgIpc) is 3.21. The van der Waals surface area contributed by atoms with E-state index in [0.29, 0.717) is 12.2 Å². The van der Waals surface area contributed by atoms with Crippen molar-refractivity contribution in [1.82, 2.24) is 15.1 Å². The summed E-state index contributed by atoms with van der Waals surface area (Å²) >= 11 is 0. The summed E-state index contributed by atoms with van der Waals surface area (Å²) in [4.78, 5) is 12.8. The van der Waals surface area contributed by atoms with E-state index in [9.17, 15) is 4.79 Å². The highest BCUT2D eigenvalue weighted by atomic mass is 35.5. The molecule has 142 valence electrons. The highest BCUT2D eigenvalue weighted by Gasteiger charge is 2.28. The van der Waals surface area contributed by atoms with Crippen molar-refractivity contribution in [3.63, 3.8) is 0 Å². The Morgan fingerprint density at radius 1 is 1.35 bits per heavy atom. The van der Waals surface area contributed by atoms with Crippen LogP contribution in [0.25, 0.3) is 5.69 Å². The first-order valence-electron chi connectivity index (χ1n) is 9.33. The molecule has 0 bridgehead atoms. The Balaban J connectivity index is 0.00000243. The van der Waals surface area contributed by atoms with Crippen molar-refractivity contribution >= 4 is 18.3 Å². The normalized spacial score (nSPS) is 13.8. The summed E-state index contributed by atoms with van der Waals surface area (Å²) in [5, 5.41) is 7.78. The zero-order chi connectivity index (χ0) is 17.8. The van der Waals surface area contributed by atoms with Crippen LogP contribution in [0.3, 0.4) is 0 Å². The molecule has 1 heterocycles. The number of nitrogens with two attached hydrogens (primary N) is 1. The second kappa shape index (κ2) is 9.19. The molecule has 3 rings (SSSR count). The van der Waals surface area contributed by atoms with Crippen molar-refractivity contribution in [3.05, 3.63) is 46.8 Å². The number of carbonyl (C=O) groups is 1. The van der Waals surface area contributed by atoms with Gasteiger partial charge in [-0.15, -0.1) is 12.4 Å². The molecule has 0 aliphatic heterocycles. The SMILES string of the molecule is CCCCC(CN)NC(=O)c1nn(-c2ccccc2C)c2c1CCC2.Cl. The lowest BCUT2D eigenvalue weighted by atomic mass is 10.1.